The smallest absolute Gasteiger partial charge is 0.177 e. The summed E-state index contributed by atoms with van der Waals surface area (Å²) in [4.78, 5) is 14.9. The predicted octanol–water partition coefficient (Wildman–Crippen LogP) is 3.75. The fourth-order valence-corrected chi connectivity index (χ4v) is 3.16. The number of benzene rings is 1. The molecule has 1 aromatic carbocycles. The Balaban J connectivity index is 2.11. The van der Waals surface area contributed by atoms with Crippen LogP contribution in [0.4, 0.5) is 0 Å². The van der Waals surface area contributed by atoms with E-state index in [9.17, 15) is 4.79 Å². The Hall–Kier alpha value is -1.15. The second-order valence-corrected chi connectivity index (χ2v) is 6.04. The molecule has 2 nitrogen and oxygen atoms in total. The zero-order valence-corrected chi connectivity index (χ0v) is 12.6. The van der Waals surface area contributed by atoms with Gasteiger partial charge in [-0.2, -0.15) is 0 Å². The predicted molar refractivity (Wildman–Crippen MR) is 79.7 cm³/mol. The van der Waals surface area contributed by atoms with E-state index in [0.29, 0.717) is 18.6 Å². The van der Waals surface area contributed by atoms with Gasteiger partial charge in [0.05, 0.1) is 6.54 Å². The van der Waals surface area contributed by atoms with E-state index in [1.807, 2.05) is 19.1 Å². The minimum Gasteiger partial charge on any atom is -0.293 e. The van der Waals surface area contributed by atoms with Crippen molar-refractivity contribution in [2.45, 2.75) is 59.0 Å². The van der Waals surface area contributed by atoms with Crippen LogP contribution in [0.15, 0.2) is 18.2 Å². The normalized spacial score (nSPS) is 24.4. The highest BCUT2D eigenvalue weighted by atomic mass is 16.1. The zero-order chi connectivity index (χ0) is 14.0. The molecule has 0 aliphatic carbocycles. The number of hydrogen-bond acceptors (Lipinski definition) is 2. The lowest BCUT2D eigenvalue weighted by Crippen LogP contribution is -2.46. The number of ketones is 1. The van der Waals surface area contributed by atoms with Crippen LogP contribution in [-0.4, -0.2) is 29.3 Å². The van der Waals surface area contributed by atoms with Gasteiger partial charge in [-0.15, -0.1) is 0 Å². The van der Waals surface area contributed by atoms with Crippen LogP contribution >= 0.6 is 0 Å². The molecule has 2 heteroatoms. The fraction of sp³-hybridized carbons (Fsp3) is 0.588. The molecule has 0 aromatic heterocycles. The minimum absolute atomic E-state index is 0.262. The van der Waals surface area contributed by atoms with Crippen molar-refractivity contribution >= 4 is 5.78 Å². The first-order chi connectivity index (χ1) is 8.99. The molecule has 1 heterocycles. The maximum Gasteiger partial charge on any atom is 0.177 e. The average molecular weight is 259 g/mol. The summed E-state index contributed by atoms with van der Waals surface area (Å²) in [5.74, 6) is 0.262. The van der Waals surface area contributed by atoms with Gasteiger partial charge in [-0.05, 0) is 46.1 Å². The molecule has 0 bridgehead atoms. The summed E-state index contributed by atoms with van der Waals surface area (Å²) in [5.41, 5.74) is 3.20. The van der Waals surface area contributed by atoms with Gasteiger partial charge in [-0.3, -0.25) is 9.69 Å². The largest absolute Gasteiger partial charge is 0.293 e. The standard InChI is InChI=1S/C17H25NO/c1-12-8-9-16(13(2)10-12)17(19)11-18-14(3)6-5-7-15(18)4/h8-10,14-15H,5-7,11H2,1-4H3. The Morgan fingerprint density at radius 2 is 1.84 bits per heavy atom. The molecule has 1 aromatic rings. The average Bonchev–Trinajstić information content (AvgIpc) is 2.33. The maximum absolute atomic E-state index is 12.5. The topological polar surface area (TPSA) is 20.3 Å². The quantitative estimate of drug-likeness (QED) is 0.771. The molecule has 104 valence electrons. The molecule has 0 saturated carbocycles. The summed E-state index contributed by atoms with van der Waals surface area (Å²) >= 11 is 0. The van der Waals surface area contributed by atoms with Crippen molar-refractivity contribution in [1.29, 1.82) is 0 Å². The van der Waals surface area contributed by atoms with Crippen LogP contribution in [0.5, 0.6) is 0 Å². The summed E-state index contributed by atoms with van der Waals surface area (Å²) in [6, 6.07) is 7.16. The van der Waals surface area contributed by atoms with Crippen molar-refractivity contribution in [1.82, 2.24) is 4.90 Å². The van der Waals surface area contributed by atoms with E-state index in [1.54, 1.807) is 0 Å². The highest BCUT2D eigenvalue weighted by Crippen LogP contribution is 2.23. The molecule has 0 amide bonds. The van der Waals surface area contributed by atoms with Gasteiger partial charge in [0.2, 0.25) is 0 Å². The third kappa shape index (κ3) is 3.24. The molecule has 2 atom stereocenters. The number of aryl methyl sites for hydroxylation is 2. The molecule has 1 aliphatic rings. The lowest BCUT2D eigenvalue weighted by molar-refractivity contribution is 0.0734. The minimum atomic E-state index is 0.262. The van der Waals surface area contributed by atoms with E-state index in [1.165, 1.54) is 24.8 Å². The maximum atomic E-state index is 12.5. The molecule has 19 heavy (non-hydrogen) atoms. The second-order valence-electron chi connectivity index (χ2n) is 6.04. The Labute approximate surface area is 116 Å². The van der Waals surface area contributed by atoms with Crippen molar-refractivity contribution in [3.63, 3.8) is 0 Å². The van der Waals surface area contributed by atoms with Crippen molar-refractivity contribution in [2.24, 2.45) is 0 Å². The molecule has 1 aliphatic heterocycles. The first-order valence-corrected chi connectivity index (χ1v) is 7.35. The number of likely N-dealkylation sites (tertiary alicyclic amines) is 1. The van der Waals surface area contributed by atoms with E-state index in [2.05, 4.69) is 31.7 Å². The summed E-state index contributed by atoms with van der Waals surface area (Å²) in [7, 11) is 0. The molecule has 1 saturated heterocycles. The monoisotopic (exact) mass is 259 g/mol. The van der Waals surface area contributed by atoms with Gasteiger partial charge in [0, 0.05) is 17.6 Å². The summed E-state index contributed by atoms with van der Waals surface area (Å²) in [6.45, 7) is 9.14. The molecule has 0 spiro atoms. The highest BCUT2D eigenvalue weighted by molar-refractivity contribution is 5.99. The number of piperidine rings is 1. The van der Waals surface area contributed by atoms with Gasteiger partial charge < -0.3 is 0 Å². The van der Waals surface area contributed by atoms with Gasteiger partial charge in [-0.1, -0.05) is 30.2 Å². The number of nitrogens with zero attached hydrogens (tertiary/aromatic N) is 1. The lowest BCUT2D eigenvalue weighted by atomic mass is 9.95. The first-order valence-electron chi connectivity index (χ1n) is 7.35. The molecular weight excluding hydrogens is 234 g/mol. The number of Topliss-reactive ketones (excluding diaryl/α,β-unsaturated/α-hetero) is 1. The van der Waals surface area contributed by atoms with Crippen LogP contribution in [0.25, 0.3) is 0 Å². The Morgan fingerprint density at radius 1 is 1.21 bits per heavy atom. The van der Waals surface area contributed by atoms with Crippen LogP contribution in [0, 0.1) is 13.8 Å². The van der Waals surface area contributed by atoms with Crippen molar-refractivity contribution in [3.05, 3.63) is 34.9 Å². The van der Waals surface area contributed by atoms with Gasteiger partial charge in [0.25, 0.3) is 0 Å². The van der Waals surface area contributed by atoms with Crippen LogP contribution in [0.2, 0.25) is 0 Å². The Bertz CT molecular complexity index is 456. The summed E-state index contributed by atoms with van der Waals surface area (Å²) in [6.07, 6.45) is 3.71. The van der Waals surface area contributed by atoms with Crippen molar-refractivity contribution in [3.8, 4) is 0 Å². The van der Waals surface area contributed by atoms with E-state index in [4.69, 9.17) is 0 Å². The van der Waals surface area contributed by atoms with Gasteiger partial charge in [-0.25, -0.2) is 0 Å². The van der Waals surface area contributed by atoms with E-state index < -0.39 is 0 Å². The van der Waals surface area contributed by atoms with Crippen LogP contribution in [0.3, 0.4) is 0 Å². The van der Waals surface area contributed by atoms with E-state index in [0.717, 1.165) is 11.1 Å². The number of carbonyl (C=O) groups excluding carboxylic acids is 1. The van der Waals surface area contributed by atoms with Crippen molar-refractivity contribution in [2.75, 3.05) is 6.54 Å². The summed E-state index contributed by atoms with van der Waals surface area (Å²) < 4.78 is 0. The third-order valence-corrected chi connectivity index (χ3v) is 4.38. The zero-order valence-electron chi connectivity index (χ0n) is 12.6. The fourth-order valence-electron chi connectivity index (χ4n) is 3.16. The molecule has 2 unspecified atom stereocenters. The van der Waals surface area contributed by atoms with Gasteiger partial charge >= 0.3 is 0 Å². The van der Waals surface area contributed by atoms with E-state index >= 15 is 0 Å². The highest BCUT2D eigenvalue weighted by Gasteiger charge is 2.26. The molecule has 0 N–H and O–H groups in total. The Morgan fingerprint density at radius 3 is 2.42 bits per heavy atom. The SMILES string of the molecule is Cc1ccc(C(=O)CN2C(C)CCCC2C)c(C)c1. The number of rotatable bonds is 3. The van der Waals surface area contributed by atoms with Gasteiger partial charge in [0.15, 0.2) is 5.78 Å². The Kier molecular flexibility index (Phi) is 4.41. The van der Waals surface area contributed by atoms with Crippen molar-refractivity contribution < 1.29 is 4.79 Å². The van der Waals surface area contributed by atoms with Crippen LogP contribution < -0.4 is 0 Å². The molecular formula is C17H25NO. The van der Waals surface area contributed by atoms with E-state index in [-0.39, 0.29) is 5.78 Å². The van der Waals surface area contributed by atoms with Crippen LogP contribution in [-0.2, 0) is 0 Å². The lowest BCUT2D eigenvalue weighted by Gasteiger charge is -2.38. The summed E-state index contributed by atoms with van der Waals surface area (Å²) in [5, 5.41) is 0. The molecule has 0 radical (unpaired) electrons. The molecule has 2 rings (SSSR count). The molecule has 1 fully saturated rings. The van der Waals surface area contributed by atoms with Crippen LogP contribution in [0.1, 0.15) is 54.6 Å². The first kappa shape index (κ1) is 14.3. The second kappa shape index (κ2) is 5.87. The number of carbonyl (C=O) groups is 1. The third-order valence-electron chi connectivity index (χ3n) is 4.38. The number of hydrogen-bond donors (Lipinski definition) is 0. The van der Waals surface area contributed by atoms with Gasteiger partial charge in [0.1, 0.15) is 0 Å².